The third kappa shape index (κ3) is 2.22. The number of hydrogen-bond acceptors (Lipinski definition) is 1. The Morgan fingerprint density at radius 2 is 1.91 bits per heavy atom. The van der Waals surface area contributed by atoms with Crippen LogP contribution in [0.4, 0.5) is 13.2 Å². The summed E-state index contributed by atoms with van der Waals surface area (Å²) in [7, 11) is 0. The Kier molecular flexibility index (Phi) is 3.11. The van der Waals surface area contributed by atoms with E-state index in [2.05, 4.69) is 6.58 Å². The van der Waals surface area contributed by atoms with Gasteiger partial charge in [0.2, 0.25) is 0 Å². The van der Waals surface area contributed by atoms with E-state index in [-0.39, 0.29) is 6.42 Å². The highest BCUT2D eigenvalue weighted by Gasteiger charge is 2.51. The molecule has 0 aromatic carbocycles. The van der Waals surface area contributed by atoms with Crippen molar-refractivity contribution in [2.45, 2.75) is 31.5 Å². The highest BCUT2D eigenvalue weighted by Crippen LogP contribution is 2.35. The molecule has 1 unspecified atom stereocenters. The Morgan fingerprint density at radius 3 is 2.00 bits per heavy atom. The zero-order valence-electron chi connectivity index (χ0n) is 6.28. The number of halogens is 3. The van der Waals surface area contributed by atoms with E-state index in [0.717, 1.165) is 6.08 Å². The van der Waals surface area contributed by atoms with Gasteiger partial charge in [-0.25, -0.2) is 0 Å². The van der Waals surface area contributed by atoms with Gasteiger partial charge in [0.25, 0.3) is 0 Å². The Morgan fingerprint density at radius 1 is 1.45 bits per heavy atom. The molecule has 0 spiro atoms. The molecular weight excluding hydrogens is 157 g/mol. The second kappa shape index (κ2) is 3.26. The Labute approximate surface area is 63.5 Å². The van der Waals surface area contributed by atoms with Crippen molar-refractivity contribution in [3.8, 4) is 0 Å². The molecule has 0 saturated carbocycles. The summed E-state index contributed by atoms with van der Waals surface area (Å²) >= 11 is 0. The maximum atomic E-state index is 12.0. The van der Waals surface area contributed by atoms with Crippen LogP contribution in [0.5, 0.6) is 0 Å². The van der Waals surface area contributed by atoms with Crippen molar-refractivity contribution in [1.29, 1.82) is 0 Å². The van der Waals surface area contributed by atoms with Crippen LogP contribution >= 0.6 is 0 Å². The molecule has 0 fully saturated rings. The predicted molar refractivity (Wildman–Crippen MR) is 36.1 cm³/mol. The summed E-state index contributed by atoms with van der Waals surface area (Å²) in [6.07, 6.45) is -4.29. The van der Waals surface area contributed by atoms with Gasteiger partial charge in [-0.2, -0.15) is 13.2 Å². The van der Waals surface area contributed by atoms with Gasteiger partial charge in [0.1, 0.15) is 0 Å². The lowest BCUT2D eigenvalue weighted by Gasteiger charge is -2.27. The largest absolute Gasteiger partial charge is 0.417 e. The fourth-order valence-corrected chi connectivity index (χ4v) is 0.699. The molecular formula is C7H11F3O. The van der Waals surface area contributed by atoms with E-state index >= 15 is 0 Å². The van der Waals surface area contributed by atoms with E-state index in [1.807, 2.05) is 0 Å². The SMILES string of the molecule is C=CCC(O)(CC)C(F)(F)F. The predicted octanol–water partition coefficient (Wildman–Crippen LogP) is 2.27. The summed E-state index contributed by atoms with van der Waals surface area (Å²) in [6.45, 7) is 4.44. The number of rotatable bonds is 3. The number of alkyl halides is 3. The van der Waals surface area contributed by atoms with Crippen LogP contribution in [0.3, 0.4) is 0 Å². The van der Waals surface area contributed by atoms with Crippen LogP contribution < -0.4 is 0 Å². The minimum Gasteiger partial charge on any atom is -0.380 e. The van der Waals surface area contributed by atoms with E-state index in [9.17, 15) is 13.2 Å². The van der Waals surface area contributed by atoms with Gasteiger partial charge < -0.3 is 5.11 Å². The van der Waals surface area contributed by atoms with Gasteiger partial charge in [0.15, 0.2) is 5.60 Å². The van der Waals surface area contributed by atoms with E-state index < -0.39 is 18.2 Å². The molecule has 0 aliphatic carbocycles. The standard InChI is InChI=1S/C7H11F3O/c1-3-5-6(11,4-2)7(8,9)10/h3,11H,1,4-5H2,2H3. The molecule has 1 atom stereocenters. The molecule has 0 aliphatic rings. The molecule has 0 amide bonds. The van der Waals surface area contributed by atoms with Crippen LogP contribution in [-0.4, -0.2) is 16.9 Å². The van der Waals surface area contributed by atoms with Crippen molar-refractivity contribution in [3.63, 3.8) is 0 Å². The molecule has 0 radical (unpaired) electrons. The lowest BCUT2D eigenvalue weighted by molar-refractivity contribution is -0.259. The minimum absolute atomic E-state index is 0.345. The van der Waals surface area contributed by atoms with E-state index in [4.69, 9.17) is 5.11 Å². The molecule has 1 nitrogen and oxygen atoms in total. The van der Waals surface area contributed by atoms with Gasteiger partial charge in [-0.05, 0) is 6.42 Å². The third-order valence-electron chi connectivity index (χ3n) is 1.59. The third-order valence-corrected chi connectivity index (χ3v) is 1.59. The van der Waals surface area contributed by atoms with Crippen molar-refractivity contribution in [3.05, 3.63) is 12.7 Å². The quantitative estimate of drug-likeness (QED) is 0.641. The van der Waals surface area contributed by atoms with Crippen molar-refractivity contribution >= 4 is 0 Å². The summed E-state index contributed by atoms with van der Waals surface area (Å²) in [6, 6.07) is 0. The molecule has 0 aliphatic heterocycles. The van der Waals surface area contributed by atoms with Crippen LogP contribution in [0.1, 0.15) is 19.8 Å². The molecule has 1 N–H and O–H groups in total. The fraction of sp³-hybridized carbons (Fsp3) is 0.714. The van der Waals surface area contributed by atoms with Gasteiger partial charge >= 0.3 is 6.18 Å². The maximum Gasteiger partial charge on any atom is 0.417 e. The van der Waals surface area contributed by atoms with Crippen molar-refractivity contribution < 1.29 is 18.3 Å². The summed E-state index contributed by atoms with van der Waals surface area (Å²) in [5.41, 5.74) is -2.59. The Hall–Kier alpha value is -0.510. The molecule has 0 rings (SSSR count). The zero-order valence-corrected chi connectivity index (χ0v) is 6.28. The molecule has 0 aromatic heterocycles. The minimum atomic E-state index is -4.56. The van der Waals surface area contributed by atoms with Crippen LogP contribution in [0.2, 0.25) is 0 Å². The topological polar surface area (TPSA) is 20.2 Å². The first-order valence-electron chi connectivity index (χ1n) is 3.27. The van der Waals surface area contributed by atoms with Crippen LogP contribution in [0.15, 0.2) is 12.7 Å². The number of hydrogen-bond donors (Lipinski definition) is 1. The van der Waals surface area contributed by atoms with E-state index in [1.165, 1.54) is 6.92 Å². The van der Waals surface area contributed by atoms with Crippen LogP contribution in [0.25, 0.3) is 0 Å². The molecule has 0 saturated heterocycles. The average Bonchev–Trinajstić information content (AvgIpc) is 1.86. The summed E-state index contributed by atoms with van der Waals surface area (Å²) in [5.74, 6) is 0. The van der Waals surface area contributed by atoms with Crippen molar-refractivity contribution in [1.82, 2.24) is 0 Å². The average molecular weight is 168 g/mol. The van der Waals surface area contributed by atoms with Crippen LogP contribution in [-0.2, 0) is 0 Å². The van der Waals surface area contributed by atoms with Crippen molar-refractivity contribution in [2.75, 3.05) is 0 Å². The molecule has 0 aromatic rings. The highest BCUT2D eigenvalue weighted by atomic mass is 19.4. The van der Waals surface area contributed by atoms with Gasteiger partial charge in [0, 0.05) is 6.42 Å². The monoisotopic (exact) mass is 168 g/mol. The summed E-state index contributed by atoms with van der Waals surface area (Å²) < 4.78 is 36.0. The zero-order chi connectivity index (χ0) is 9.12. The second-order valence-corrected chi connectivity index (χ2v) is 2.38. The smallest absolute Gasteiger partial charge is 0.380 e. The molecule has 0 heterocycles. The highest BCUT2D eigenvalue weighted by molar-refractivity contribution is 4.91. The lowest BCUT2D eigenvalue weighted by Crippen LogP contribution is -2.43. The summed E-state index contributed by atoms with van der Waals surface area (Å²) in [4.78, 5) is 0. The second-order valence-electron chi connectivity index (χ2n) is 2.38. The van der Waals surface area contributed by atoms with Gasteiger partial charge in [-0.1, -0.05) is 13.0 Å². The first kappa shape index (κ1) is 10.5. The van der Waals surface area contributed by atoms with Crippen molar-refractivity contribution in [2.24, 2.45) is 0 Å². The number of aliphatic hydroxyl groups is 1. The fourth-order valence-electron chi connectivity index (χ4n) is 0.699. The Bertz CT molecular complexity index is 141. The maximum absolute atomic E-state index is 12.0. The molecule has 0 bridgehead atoms. The van der Waals surface area contributed by atoms with E-state index in [1.54, 1.807) is 0 Å². The Balaban J connectivity index is 4.45. The van der Waals surface area contributed by atoms with Crippen LogP contribution in [0, 0.1) is 0 Å². The summed E-state index contributed by atoms with van der Waals surface area (Å²) in [5, 5.41) is 8.96. The van der Waals surface area contributed by atoms with Gasteiger partial charge in [-0.15, -0.1) is 6.58 Å². The van der Waals surface area contributed by atoms with Gasteiger partial charge in [-0.3, -0.25) is 0 Å². The molecule has 66 valence electrons. The lowest BCUT2D eigenvalue weighted by atomic mass is 9.96. The molecule has 11 heavy (non-hydrogen) atoms. The van der Waals surface area contributed by atoms with E-state index in [0.29, 0.717) is 0 Å². The first-order chi connectivity index (χ1) is 4.87. The molecule has 4 heteroatoms. The normalized spacial score (nSPS) is 17.5. The van der Waals surface area contributed by atoms with Gasteiger partial charge in [0.05, 0.1) is 0 Å². The first-order valence-corrected chi connectivity index (χ1v) is 3.27.